The van der Waals surface area contributed by atoms with E-state index in [-0.39, 0.29) is 17.5 Å². The molecule has 2 unspecified atom stereocenters. The van der Waals surface area contributed by atoms with Gasteiger partial charge < -0.3 is 0 Å². The van der Waals surface area contributed by atoms with E-state index in [9.17, 15) is 15.8 Å². The first-order valence-corrected chi connectivity index (χ1v) is 14.4. The second-order valence-corrected chi connectivity index (χ2v) is 11.2. The standard InChI is InChI=1S/C38H27N5/c1-24-12-16-35-37-33(21-41)29(19-39)18-30(20-40)36(37)32-15-13-27-10-6-7-11-31(27)34-17-14-28(26-8-4-3-5-9-26)23-42(34)25(2)38(32)43(35)22-24/h3-12,14,16-18,22-23,32,38H,2,13,15H2,1H3/q+2. The lowest BCUT2D eigenvalue weighted by Crippen LogP contribution is -2.53. The van der Waals surface area contributed by atoms with Gasteiger partial charge in [0.25, 0.3) is 0 Å². The Kier molecular flexibility index (Phi) is 6.20. The fraction of sp³-hybridized carbons (Fsp3) is 0.132. The van der Waals surface area contributed by atoms with Gasteiger partial charge in [0, 0.05) is 28.8 Å². The molecule has 3 aromatic carbocycles. The highest BCUT2D eigenvalue weighted by Crippen LogP contribution is 2.48. The van der Waals surface area contributed by atoms with Crippen molar-refractivity contribution < 1.29 is 9.13 Å². The molecule has 43 heavy (non-hydrogen) atoms. The van der Waals surface area contributed by atoms with Crippen LogP contribution in [0, 0.1) is 40.9 Å². The lowest BCUT2D eigenvalue weighted by Gasteiger charge is -2.31. The van der Waals surface area contributed by atoms with Crippen LogP contribution in [-0.4, -0.2) is 0 Å². The summed E-state index contributed by atoms with van der Waals surface area (Å²) in [6.07, 6.45) is 5.79. The zero-order valence-corrected chi connectivity index (χ0v) is 23.7. The van der Waals surface area contributed by atoms with Gasteiger partial charge in [-0.1, -0.05) is 48.5 Å². The minimum absolute atomic E-state index is 0.164. The molecule has 0 N–H and O–H groups in total. The molecule has 2 atom stereocenters. The number of nitriles is 3. The predicted molar refractivity (Wildman–Crippen MR) is 164 cm³/mol. The van der Waals surface area contributed by atoms with Gasteiger partial charge in [0.05, 0.1) is 34.2 Å². The van der Waals surface area contributed by atoms with Crippen molar-refractivity contribution in [2.45, 2.75) is 31.7 Å². The molecule has 4 heterocycles. The van der Waals surface area contributed by atoms with E-state index >= 15 is 0 Å². The van der Waals surface area contributed by atoms with Gasteiger partial charge in [0.15, 0.2) is 12.4 Å². The summed E-state index contributed by atoms with van der Waals surface area (Å²) in [5, 5.41) is 30.7. The first-order valence-electron chi connectivity index (χ1n) is 14.4. The molecule has 2 aliphatic heterocycles. The lowest BCUT2D eigenvalue weighted by atomic mass is 9.74. The largest absolute Gasteiger partial charge is 0.249 e. The number of allylic oxidation sites excluding steroid dienone is 1. The molecule has 5 aromatic rings. The molecule has 0 aliphatic carbocycles. The molecule has 2 aromatic heterocycles. The Balaban J connectivity index is 1.57. The van der Waals surface area contributed by atoms with Crippen molar-refractivity contribution in [1.29, 1.82) is 15.8 Å². The van der Waals surface area contributed by atoms with Crippen molar-refractivity contribution >= 4 is 5.70 Å². The summed E-state index contributed by atoms with van der Waals surface area (Å²) < 4.78 is 4.44. The molecule has 7 rings (SSSR count). The number of aryl methyl sites for hydroxylation is 2. The molecule has 202 valence electrons. The highest BCUT2D eigenvalue weighted by molar-refractivity contribution is 5.79. The number of hydrogen-bond acceptors (Lipinski definition) is 3. The van der Waals surface area contributed by atoms with Crippen LogP contribution < -0.4 is 9.13 Å². The molecule has 0 amide bonds. The van der Waals surface area contributed by atoms with Crippen LogP contribution in [0.5, 0.6) is 0 Å². The van der Waals surface area contributed by atoms with Crippen molar-refractivity contribution in [3.8, 4) is 51.8 Å². The topological polar surface area (TPSA) is 79.1 Å². The maximum atomic E-state index is 10.4. The van der Waals surface area contributed by atoms with Crippen molar-refractivity contribution in [3.63, 3.8) is 0 Å². The van der Waals surface area contributed by atoms with Crippen LogP contribution in [0.15, 0.2) is 104 Å². The van der Waals surface area contributed by atoms with E-state index in [4.69, 9.17) is 6.58 Å². The summed E-state index contributed by atoms with van der Waals surface area (Å²) in [6.45, 7) is 6.82. The molecule has 0 radical (unpaired) electrons. The molecule has 0 saturated heterocycles. The van der Waals surface area contributed by atoms with E-state index in [0.29, 0.717) is 16.7 Å². The highest BCUT2D eigenvalue weighted by Gasteiger charge is 2.49. The van der Waals surface area contributed by atoms with Crippen LogP contribution in [0.25, 0.3) is 39.3 Å². The summed E-state index contributed by atoms with van der Waals surface area (Å²) in [7, 11) is 0. The number of nitrogens with zero attached hydrogens (tertiary/aromatic N) is 5. The average molecular weight is 554 g/mol. The molecule has 2 aliphatic rings. The van der Waals surface area contributed by atoms with Crippen molar-refractivity contribution in [1.82, 2.24) is 0 Å². The first kappa shape index (κ1) is 26.1. The van der Waals surface area contributed by atoms with Crippen LogP contribution in [0.2, 0.25) is 0 Å². The van der Waals surface area contributed by atoms with Crippen LogP contribution in [0.4, 0.5) is 0 Å². The Bertz CT molecular complexity index is 2100. The van der Waals surface area contributed by atoms with Gasteiger partial charge in [-0.25, -0.2) is 0 Å². The molecule has 0 spiro atoms. The van der Waals surface area contributed by atoms with E-state index in [1.54, 1.807) is 6.07 Å². The van der Waals surface area contributed by atoms with Gasteiger partial charge in [-0.2, -0.15) is 24.9 Å². The molecular weight excluding hydrogens is 526 g/mol. The normalized spacial score (nSPS) is 16.3. The third kappa shape index (κ3) is 4.05. The SMILES string of the molecule is C=C1C2C(CCc3ccccc3-c3ccc(-c4ccccc4)c[n+]31)c1c(C#N)cc(C#N)c(C#N)c1-c1ccc(C)c[n+]12. The summed E-state index contributed by atoms with van der Waals surface area (Å²) in [5.74, 6) is -0.164. The molecule has 5 heteroatoms. The summed E-state index contributed by atoms with van der Waals surface area (Å²) >= 11 is 0. The maximum absolute atomic E-state index is 10.4. The number of hydrogen-bond donors (Lipinski definition) is 0. The summed E-state index contributed by atoms with van der Waals surface area (Å²) in [5.41, 5.74) is 10.9. The number of fused-ring (bicyclic) bond motifs is 9. The van der Waals surface area contributed by atoms with Crippen molar-refractivity contribution in [3.05, 3.63) is 137 Å². The fourth-order valence-electron chi connectivity index (χ4n) is 6.96. The Labute approximate surface area is 251 Å². The number of aromatic nitrogens is 2. The zero-order chi connectivity index (χ0) is 29.7. The van der Waals surface area contributed by atoms with Crippen molar-refractivity contribution in [2.24, 2.45) is 0 Å². The minimum atomic E-state index is -0.238. The van der Waals surface area contributed by atoms with Gasteiger partial charge in [-0.3, -0.25) is 0 Å². The Morgan fingerprint density at radius 2 is 1.51 bits per heavy atom. The Morgan fingerprint density at radius 1 is 0.767 bits per heavy atom. The van der Waals surface area contributed by atoms with E-state index in [0.717, 1.165) is 57.7 Å². The van der Waals surface area contributed by atoms with Crippen LogP contribution in [0.1, 0.15) is 51.8 Å². The molecule has 0 bridgehead atoms. The first-order chi connectivity index (χ1) is 21.0. The van der Waals surface area contributed by atoms with E-state index in [1.165, 1.54) is 5.56 Å². The maximum Gasteiger partial charge on any atom is 0.249 e. The molecule has 0 fully saturated rings. The average Bonchev–Trinajstić information content (AvgIpc) is 3.10. The molecule has 5 nitrogen and oxygen atoms in total. The fourth-order valence-corrected chi connectivity index (χ4v) is 6.96. The smallest absolute Gasteiger partial charge is 0.192 e. The second-order valence-electron chi connectivity index (χ2n) is 11.2. The third-order valence-corrected chi connectivity index (χ3v) is 8.88. The molecule has 0 saturated carbocycles. The quantitative estimate of drug-likeness (QED) is 0.211. The monoisotopic (exact) mass is 553 g/mol. The summed E-state index contributed by atoms with van der Waals surface area (Å²) in [4.78, 5) is 0. The van der Waals surface area contributed by atoms with Gasteiger partial charge in [-0.05, 0) is 67.3 Å². The van der Waals surface area contributed by atoms with Crippen LogP contribution >= 0.6 is 0 Å². The second kappa shape index (κ2) is 10.2. The van der Waals surface area contributed by atoms with Gasteiger partial charge in [-0.15, -0.1) is 0 Å². The van der Waals surface area contributed by atoms with Gasteiger partial charge >= 0.3 is 0 Å². The van der Waals surface area contributed by atoms with Crippen LogP contribution in [-0.2, 0) is 6.42 Å². The predicted octanol–water partition coefficient (Wildman–Crippen LogP) is 6.94. The number of pyridine rings is 2. The number of rotatable bonds is 1. The summed E-state index contributed by atoms with van der Waals surface area (Å²) in [6, 6.07) is 35.4. The third-order valence-electron chi connectivity index (χ3n) is 8.88. The van der Waals surface area contributed by atoms with Gasteiger partial charge in [0.2, 0.25) is 23.1 Å². The van der Waals surface area contributed by atoms with Crippen molar-refractivity contribution in [2.75, 3.05) is 0 Å². The highest BCUT2D eigenvalue weighted by atomic mass is 15.1. The van der Waals surface area contributed by atoms with E-state index in [2.05, 4.69) is 95.2 Å². The lowest BCUT2D eigenvalue weighted by molar-refractivity contribution is -0.727. The van der Waals surface area contributed by atoms with Crippen LogP contribution in [0.3, 0.4) is 0 Å². The zero-order valence-electron chi connectivity index (χ0n) is 23.7. The Hall–Kier alpha value is -5.83. The minimum Gasteiger partial charge on any atom is -0.192 e. The van der Waals surface area contributed by atoms with E-state index in [1.807, 2.05) is 30.3 Å². The van der Waals surface area contributed by atoms with Gasteiger partial charge in [0.1, 0.15) is 12.1 Å². The number of benzene rings is 3. The molecular formula is C38H27N5+2. The Morgan fingerprint density at radius 3 is 2.28 bits per heavy atom. The van der Waals surface area contributed by atoms with E-state index < -0.39 is 0 Å².